The molecule has 3 aromatic rings. The lowest BCUT2D eigenvalue weighted by atomic mass is 10.2. The Morgan fingerprint density at radius 1 is 0.971 bits per heavy atom. The van der Waals surface area contributed by atoms with Gasteiger partial charge in [-0.3, -0.25) is 9.59 Å². The second-order valence-electron chi connectivity index (χ2n) is 6.56. The number of carbonyl (C=O) groups excluding carboxylic acids is 3. The van der Waals surface area contributed by atoms with Gasteiger partial charge in [-0.25, -0.2) is 14.6 Å². The van der Waals surface area contributed by atoms with Crippen LogP contribution in [0.5, 0.6) is 11.5 Å². The standard InChI is InChI=1S/C23H16Br2FN3O5/c1-33-20-10-13(6-9-19(20)34-23(32)15-4-2-3-5-16(15)25)12-27-29-22(31)21(30)28-18-8-7-14(24)11-17(18)26/h2-12H,1H3,(H,28,30)(H,29,31). The molecule has 0 atom stereocenters. The van der Waals surface area contributed by atoms with E-state index in [2.05, 4.69) is 42.3 Å². The highest BCUT2D eigenvalue weighted by atomic mass is 79.9. The molecule has 174 valence electrons. The van der Waals surface area contributed by atoms with Gasteiger partial charge < -0.3 is 14.8 Å². The summed E-state index contributed by atoms with van der Waals surface area (Å²) in [6.07, 6.45) is 1.26. The summed E-state index contributed by atoms with van der Waals surface area (Å²) < 4.78 is 25.5. The van der Waals surface area contributed by atoms with Gasteiger partial charge in [-0.05, 0) is 70.0 Å². The Hall–Kier alpha value is -3.57. The first-order valence-electron chi connectivity index (χ1n) is 9.52. The van der Waals surface area contributed by atoms with Gasteiger partial charge in [-0.2, -0.15) is 5.10 Å². The molecule has 0 radical (unpaired) electrons. The highest BCUT2D eigenvalue weighted by molar-refractivity contribution is 9.10. The van der Waals surface area contributed by atoms with Crippen molar-refractivity contribution in [1.29, 1.82) is 0 Å². The van der Waals surface area contributed by atoms with Crippen LogP contribution in [-0.2, 0) is 9.59 Å². The molecule has 0 unspecified atom stereocenters. The normalized spacial score (nSPS) is 10.6. The van der Waals surface area contributed by atoms with Crippen molar-refractivity contribution in [2.45, 2.75) is 0 Å². The predicted molar refractivity (Wildman–Crippen MR) is 131 cm³/mol. The fourth-order valence-electron chi connectivity index (χ4n) is 2.62. The van der Waals surface area contributed by atoms with Gasteiger partial charge in [0.1, 0.15) is 5.82 Å². The van der Waals surface area contributed by atoms with Crippen molar-refractivity contribution in [3.05, 3.63) is 86.6 Å². The number of rotatable bonds is 6. The Morgan fingerprint density at radius 3 is 2.44 bits per heavy atom. The lowest BCUT2D eigenvalue weighted by molar-refractivity contribution is -0.136. The zero-order valence-corrected chi connectivity index (χ0v) is 20.6. The summed E-state index contributed by atoms with van der Waals surface area (Å²) in [5.41, 5.74) is 2.73. The molecule has 34 heavy (non-hydrogen) atoms. The molecule has 2 N–H and O–H groups in total. The van der Waals surface area contributed by atoms with Crippen LogP contribution in [-0.4, -0.2) is 31.1 Å². The van der Waals surface area contributed by atoms with E-state index in [9.17, 15) is 18.8 Å². The Kier molecular flexibility index (Phi) is 8.50. The maximum absolute atomic E-state index is 13.8. The lowest BCUT2D eigenvalue weighted by Crippen LogP contribution is -2.32. The summed E-state index contributed by atoms with van der Waals surface area (Å²) in [7, 11) is 1.40. The van der Waals surface area contributed by atoms with Crippen LogP contribution in [0.3, 0.4) is 0 Å². The Bertz CT molecular complexity index is 1280. The molecule has 0 aromatic heterocycles. The zero-order valence-electron chi connectivity index (χ0n) is 17.5. The number of ether oxygens (including phenoxy) is 2. The molecule has 0 aliphatic carbocycles. The van der Waals surface area contributed by atoms with Crippen LogP contribution in [0.15, 0.2) is 74.7 Å². The Balaban J connectivity index is 1.62. The van der Waals surface area contributed by atoms with E-state index in [1.807, 2.05) is 5.43 Å². The van der Waals surface area contributed by atoms with Gasteiger partial charge in [0.15, 0.2) is 11.5 Å². The number of hydrogen-bond donors (Lipinski definition) is 2. The number of hydrazone groups is 1. The minimum Gasteiger partial charge on any atom is -0.493 e. The third-order valence-corrected chi connectivity index (χ3v) is 5.43. The number of benzene rings is 3. The summed E-state index contributed by atoms with van der Waals surface area (Å²) in [6.45, 7) is 0. The first kappa shape index (κ1) is 25.1. The fourth-order valence-corrected chi connectivity index (χ4v) is 3.40. The highest BCUT2D eigenvalue weighted by Crippen LogP contribution is 2.29. The van der Waals surface area contributed by atoms with Gasteiger partial charge in [0, 0.05) is 8.95 Å². The quantitative estimate of drug-likeness (QED) is 0.142. The third-order valence-electron chi connectivity index (χ3n) is 4.25. The van der Waals surface area contributed by atoms with Crippen molar-refractivity contribution >= 4 is 61.5 Å². The van der Waals surface area contributed by atoms with Gasteiger partial charge in [0.2, 0.25) is 0 Å². The average molecular weight is 593 g/mol. The molecule has 0 bridgehead atoms. The molecule has 8 nitrogen and oxygen atoms in total. The van der Waals surface area contributed by atoms with Crippen molar-refractivity contribution in [3.8, 4) is 11.5 Å². The number of halogens is 3. The summed E-state index contributed by atoms with van der Waals surface area (Å²) in [5.74, 6) is -3.03. The van der Waals surface area contributed by atoms with Crippen LogP contribution in [0.2, 0.25) is 0 Å². The molecule has 3 rings (SSSR count). The number of nitrogens with zero attached hydrogens (tertiary/aromatic N) is 1. The summed E-state index contributed by atoms with van der Waals surface area (Å²) in [5, 5.41) is 5.86. The lowest BCUT2D eigenvalue weighted by Gasteiger charge is -2.10. The SMILES string of the molecule is COc1cc(C=NNC(=O)C(=O)Nc2ccc(Br)cc2F)ccc1OC(=O)c1ccccc1Br. The van der Waals surface area contributed by atoms with Crippen molar-refractivity contribution in [2.75, 3.05) is 12.4 Å². The number of anilines is 1. The minimum atomic E-state index is -1.09. The van der Waals surface area contributed by atoms with E-state index in [4.69, 9.17) is 9.47 Å². The van der Waals surface area contributed by atoms with Crippen LogP contribution in [0, 0.1) is 5.82 Å². The topological polar surface area (TPSA) is 106 Å². The van der Waals surface area contributed by atoms with E-state index in [1.54, 1.807) is 30.3 Å². The summed E-state index contributed by atoms with van der Waals surface area (Å²) in [6, 6.07) is 15.4. The third kappa shape index (κ3) is 6.49. The van der Waals surface area contributed by atoms with E-state index in [0.717, 1.165) is 6.07 Å². The van der Waals surface area contributed by atoms with Gasteiger partial charge in [0.05, 0.1) is 24.6 Å². The molecule has 0 aliphatic heterocycles. The van der Waals surface area contributed by atoms with E-state index in [0.29, 0.717) is 20.1 Å². The van der Waals surface area contributed by atoms with Gasteiger partial charge in [-0.15, -0.1) is 0 Å². The Labute approximate surface area is 210 Å². The van der Waals surface area contributed by atoms with E-state index in [1.165, 1.54) is 37.6 Å². The first-order chi connectivity index (χ1) is 16.3. The highest BCUT2D eigenvalue weighted by Gasteiger charge is 2.16. The van der Waals surface area contributed by atoms with Crippen molar-refractivity contribution in [3.63, 3.8) is 0 Å². The van der Waals surface area contributed by atoms with Crippen molar-refractivity contribution in [1.82, 2.24) is 5.43 Å². The molecule has 0 fully saturated rings. The number of nitrogens with one attached hydrogen (secondary N) is 2. The number of amides is 2. The van der Waals surface area contributed by atoms with Crippen molar-refractivity contribution in [2.24, 2.45) is 5.10 Å². The van der Waals surface area contributed by atoms with Crippen LogP contribution >= 0.6 is 31.9 Å². The minimum absolute atomic E-state index is 0.148. The summed E-state index contributed by atoms with van der Waals surface area (Å²) in [4.78, 5) is 36.3. The monoisotopic (exact) mass is 591 g/mol. The van der Waals surface area contributed by atoms with Crippen LogP contribution in [0.25, 0.3) is 0 Å². The van der Waals surface area contributed by atoms with Crippen LogP contribution in [0.4, 0.5) is 10.1 Å². The molecule has 0 spiro atoms. The number of esters is 1. The second kappa shape index (κ2) is 11.5. The Morgan fingerprint density at radius 2 is 1.74 bits per heavy atom. The molecule has 0 saturated heterocycles. The predicted octanol–water partition coefficient (Wildman–Crippen LogP) is 4.67. The van der Waals surface area contributed by atoms with Crippen LogP contribution < -0.4 is 20.2 Å². The second-order valence-corrected chi connectivity index (χ2v) is 8.33. The fraction of sp³-hybridized carbons (Fsp3) is 0.0435. The molecular formula is C23H16Br2FN3O5. The molecule has 11 heteroatoms. The molecule has 2 amide bonds. The van der Waals surface area contributed by atoms with Crippen molar-refractivity contribution < 1.29 is 28.2 Å². The van der Waals surface area contributed by atoms with E-state index in [-0.39, 0.29) is 17.2 Å². The van der Waals surface area contributed by atoms with Gasteiger partial charge >= 0.3 is 17.8 Å². The summed E-state index contributed by atoms with van der Waals surface area (Å²) >= 11 is 6.40. The van der Waals surface area contributed by atoms with E-state index < -0.39 is 23.6 Å². The largest absolute Gasteiger partial charge is 0.493 e. The smallest absolute Gasteiger partial charge is 0.344 e. The van der Waals surface area contributed by atoms with Crippen LogP contribution in [0.1, 0.15) is 15.9 Å². The van der Waals surface area contributed by atoms with Gasteiger partial charge in [-0.1, -0.05) is 28.1 Å². The maximum atomic E-state index is 13.8. The molecule has 0 aliphatic rings. The average Bonchev–Trinajstić information content (AvgIpc) is 2.81. The zero-order chi connectivity index (χ0) is 24.7. The number of hydrogen-bond acceptors (Lipinski definition) is 6. The van der Waals surface area contributed by atoms with E-state index >= 15 is 0 Å². The number of methoxy groups -OCH3 is 1. The number of carbonyl (C=O) groups is 3. The molecule has 0 saturated carbocycles. The first-order valence-corrected chi connectivity index (χ1v) is 11.1. The molecule has 3 aromatic carbocycles. The maximum Gasteiger partial charge on any atom is 0.344 e. The molecular weight excluding hydrogens is 577 g/mol. The molecule has 0 heterocycles. The van der Waals surface area contributed by atoms with Gasteiger partial charge in [0.25, 0.3) is 0 Å².